The Bertz CT molecular complexity index is 233. The molecule has 0 aromatic rings. The molecule has 0 spiro atoms. The van der Waals surface area contributed by atoms with Crippen LogP contribution < -0.4 is 17.2 Å². The second kappa shape index (κ2) is 6.49. The molecule has 0 saturated carbocycles. The molecular formula is C9H19N3O3. The van der Waals surface area contributed by atoms with Crippen LogP contribution in [0.3, 0.4) is 0 Å². The second-order valence-corrected chi connectivity index (χ2v) is 3.80. The van der Waals surface area contributed by atoms with Crippen LogP contribution >= 0.6 is 0 Å². The highest BCUT2D eigenvalue weighted by molar-refractivity contribution is 5.84. The topological polar surface area (TPSA) is 132 Å². The van der Waals surface area contributed by atoms with Gasteiger partial charge in [0.05, 0.1) is 6.04 Å². The Hall–Kier alpha value is -0.980. The van der Waals surface area contributed by atoms with Crippen LogP contribution in [-0.4, -0.2) is 35.5 Å². The highest BCUT2D eigenvalue weighted by Crippen LogP contribution is 2.11. The molecule has 0 radical (unpaired) electrons. The van der Waals surface area contributed by atoms with E-state index in [4.69, 9.17) is 22.3 Å². The number of hydrogen-bond acceptors (Lipinski definition) is 5. The lowest BCUT2D eigenvalue weighted by atomic mass is 9.94. The highest BCUT2D eigenvalue weighted by Gasteiger charge is 2.20. The Morgan fingerprint density at radius 2 is 1.80 bits per heavy atom. The number of rotatable bonds is 7. The van der Waals surface area contributed by atoms with Crippen molar-refractivity contribution in [3.63, 3.8) is 0 Å². The van der Waals surface area contributed by atoms with Gasteiger partial charge in [-0.25, -0.2) is 0 Å². The summed E-state index contributed by atoms with van der Waals surface area (Å²) in [4.78, 5) is 21.8. The molecule has 6 heteroatoms. The van der Waals surface area contributed by atoms with Gasteiger partial charge in [-0.3, -0.25) is 9.59 Å². The molecule has 0 fully saturated rings. The van der Waals surface area contributed by atoms with Gasteiger partial charge in [0.25, 0.3) is 0 Å². The fourth-order valence-electron chi connectivity index (χ4n) is 1.24. The van der Waals surface area contributed by atoms with Crippen molar-refractivity contribution in [3.8, 4) is 0 Å². The van der Waals surface area contributed by atoms with Crippen LogP contribution in [0, 0.1) is 5.92 Å². The average Bonchev–Trinajstić information content (AvgIpc) is 2.15. The number of Topliss-reactive ketones (excluding diaryl/α,β-unsaturated/α-hetero) is 1. The monoisotopic (exact) mass is 217 g/mol. The molecule has 0 aliphatic rings. The third-order valence-corrected chi connectivity index (χ3v) is 2.19. The molecule has 3 atom stereocenters. The van der Waals surface area contributed by atoms with Crippen LogP contribution in [0.25, 0.3) is 0 Å². The molecule has 0 saturated heterocycles. The summed E-state index contributed by atoms with van der Waals surface area (Å²) < 4.78 is 0. The second-order valence-electron chi connectivity index (χ2n) is 3.80. The van der Waals surface area contributed by atoms with E-state index in [-0.39, 0.29) is 31.1 Å². The first kappa shape index (κ1) is 14.0. The Balaban J connectivity index is 3.98. The lowest BCUT2D eigenvalue weighted by Gasteiger charge is -2.15. The van der Waals surface area contributed by atoms with E-state index in [2.05, 4.69) is 0 Å². The van der Waals surface area contributed by atoms with Crippen molar-refractivity contribution in [1.82, 2.24) is 0 Å². The average molecular weight is 217 g/mol. The van der Waals surface area contributed by atoms with Crippen molar-refractivity contribution >= 4 is 11.8 Å². The van der Waals surface area contributed by atoms with Crippen molar-refractivity contribution in [2.75, 3.05) is 6.54 Å². The zero-order chi connectivity index (χ0) is 12.0. The Morgan fingerprint density at radius 1 is 1.27 bits per heavy atom. The zero-order valence-corrected chi connectivity index (χ0v) is 8.85. The van der Waals surface area contributed by atoms with Gasteiger partial charge >= 0.3 is 5.97 Å². The van der Waals surface area contributed by atoms with Crippen LogP contribution in [0.15, 0.2) is 0 Å². The van der Waals surface area contributed by atoms with E-state index in [1.807, 2.05) is 0 Å². The van der Waals surface area contributed by atoms with E-state index in [0.29, 0.717) is 0 Å². The van der Waals surface area contributed by atoms with Crippen molar-refractivity contribution in [2.24, 2.45) is 23.1 Å². The normalized spacial score (nSPS) is 16.8. The highest BCUT2D eigenvalue weighted by atomic mass is 16.4. The molecule has 0 amide bonds. The molecule has 15 heavy (non-hydrogen) atoms. The molecule has 0 rings (SSSR count). The summed E-state index contributed by atoms with van der Waals surface area (Å²) in [6.07, 6.45) is 0.484. The lowest BCUT2D eigenvalue weighted by Crippen LogP contribution is -2.39. The van der Waals surface area contributed by atoms with E-state index in [9.17, 15) is 9.59 Å². The smallest absolute Gasteiger partial charge is 0.320 e. The third kappa shape index (κ3) is 5.46. The van der Waals surface area contributed by atoms with Gasteiger partial charge in [0.1, 0.15) is 6.04 Å². The molecule has 0 aromatic carbocycles. The number of ketones is 1. The molecule has 0 bridgehead atoms. The summed E-state index contributed by atoms with van der Waals surface area (Å²) in [6, 6.07) is -1.59. The largest absolute Gasteiger partial charge is 0.480 e. The van der Waals surface area contributed by atoms with E-state index in [1.165, 1.54) is 0 Å². The van der Waals surface area contributed by atoms with E-state index in [1.54, 1.807) is 6.92 Å². The first-order valence-corrected chi connectivity index (χ1v) is 4.85. The van der Waals surface area contributed by atoms with Gasteiger partial charge in [0.15, 0.2) is 5.78 Å². The first-order chi connectivity index (χ1) is 6.88. The summed E-state index contributed by atoms with van der Waals surface area (Å²) in [6.45, 7) is 1.88. The number of carbonyl (C=O) groups is 2. The summed E-state index contributed by atoms with van der Waals surface area (Å²) >= 11 is 0. The van der Waals surface area contributed by atoms with Crippen LogP contribution in [0.5, 0.6) is 0 Å². The number of hydrogen-bond donors (Lipinski definition) is 4. The molecule has 0 aliphatic heterocycles. The van der Waals surface area contributed by atoms with Crippen LogP contribution in [0.1, 0.15) is 19.8 Å². The molecule has 0 heterocycles. The maximum absolute atomic E-state index is 11.3. The van der Waals surface area contributed by atoms with E-state index >= 15 is 0 Å². The quantitative estimate of drug-likeness (QED) is 0.417. The maximum atomic E-state index is 11.3. The van der Waals surface area contributed by atoms with Gasteiger partial charge in [-0.15, -0.1) is 0 Å². The van der Waals surface area contributed by atoms with Crippen LogP contribution in [-0.2, 0) is 9.59 Å². The van der Waals surface area contributed by atoms with Gasteiger partial charge in [-0.05, 0) is 12.3 Å². The molecule has 2 unspecified atom stereocenters. The van der Waals surface area contributed by atoms with Crippen molar-refractivity contribution in [2.45, 2.75) is 31.8 Å². The third-order valence-electron chi connectivity index (χ3n) is 2.19. The fourth-order valence-corrected chi connectivity index (χ4v) is 1.24. The first-order valence-electron chi connectivity index (χ1n) is 4.85. The fraction of sp³-hybridized carbons (Fsp3) is 0.778. The number of carbonyl (C=O) groups excluding carboxylic acids is 1. The Morgan fingerprint density at radius 3 is 2.20 bits per heavy atom. The minimum atomic E-state index is -1.06. The van der Waals surface area contributed by atoms with Crippen LogP contribution in [0.2, 0.25) is 0 Å². The maximum Gasteiger partial charge on any atom is 0.320 e. The number of carboxylic acid groups (broad SMARTS) is 1. The van der Waals surface area contributed by atoms with Gasteiger partial charge in [-0.1, -0.05) is 6.92 Å². The van der Waals surface area contributed by atoms with Gasteiger partial charge in [0.2, 0.25) is 0 Å². The Labute approximate surface area is 88.8 Å². The summed E-state index contributed by atoms with van der Waals surface area (Å²) in [5, 5.41) is 8.57. The molecule has 0 aliphatic carbocycles. The van der Waals surface area contributed by atoms with E-state index in [0.717, 1.165) is 0 Å². The summed E-state index contributed by atoms with van der Waals surface area (Å²) in [5.74, 6) is -1.30. The summed E-state index contributed by atoms with van der Waals surface area (Å²) in [5.41, 5.74) is 16.0. The van der Waals surface area contributed by atoms with Crippen molar-refractivity contribution in [1.29, 1.82) is 0 Å². The van der Waals surface area contributed by atoms with Crippen LogP contribution in [0.4, 0.5) is 0 Å². The molecule has 6 nitrogen and oxygen atoms in total. The minimum Gasteiger partial charge on any atom is -0.480 e. The van der Waals surface area contributed by atoms with E-state index < -0.39 is 18.1 Å². The zero-order valence-electron chi connectivity index (χ0n) is 8.85. The Kier molecular flexibility index (Phi) is 6.07. The lowest BCUT2D eigenvalue weighted by molar-refractivity contribution is -0.139. The number of carboxylic acids is 1. The molecular weight excluding hydrogens is 198 g/mol. The predicted molar refractivity (Wildman–Crippen MR) is 56.0 cm³/mol. The number of nitrogens with two attached hydrogens (primary N) is 3. The van der Waals surface area contributed by atoms with Gasteiger partial charge in [0, 0.05) is 13.0 Å². The van der Waals surface area contributed by atoms with Gasteiger partial charge < -0.3 is 22.3 Å². The predicted octanol–water partition coefficient (Wildman–Crippen LogP) is -1.33. The number of aliphatic carboxylic acids is 1. The molecule has 88 valence electrons. The molecule has 7 N–H and O–H groups in total. The molecule has 0 aromatic heterocycles. The van der Waals surface area contributed by atoms with Gasteiger partial charge in [-0.2, -0.15) is 0 Å². The minimum absolute atomic E-state index is 0.0961. The van der Waals surface area contributed by atoms with Crippen molar-refractivity contribution < 1.29 is 14.7 Å². The van der Waals surface area contributed by atoms with Crippen molar-refractivity contribution in [3.05, 3.63) is 0 Å². The summed E-state index contributed by atoms with van der Waals surface area (Å²) in [7, 11) is 0. The standard InChI is InChI=1S/C9H19N3O3/c1-5(2-6(11)9(14)15)3-8(13)7(12)4-10/h5-7H,2-4,10-12H2,1H3,(H,14,15)/t5?,6-,7?/m0/s1. The SMILES string of the molecule is CC(CC(=O)C(N)CN)C[C@H](N)C(=O)O.